The summed E-state index contributed by atoms with van der Waals surface area (Å²) in [7, 11) is 0. The Hall–Kier alpha value is -2.29. The standard InChI is InChI=1S/C20H25NO2/c1-6-17-12-8-9-13(2)18(17)21-20(22)16(5)23-19-14(3)10-7-11-15(19)4/h7-12,16H,6H2,1-5H3,(H,21,22)/t16-/m0/s1. The number of carbonyl (C=O) groups excluding carboxylic acids is 1. The van der Waals surface area contributed by atoms with Crippen LogP contribution in [-0.4, -0.2) is 12.0 Å². The van der Waals surface area contributed by atoms with E-state index in [9.17, 15) is 4.79 Å². The van der Waals surface area contributed by atoms with Crippen molar-refractivity contribution in [2.24, 2.45) is 0 Å². The van der Waals surface area contributed by atoms with Gasteiger partial charge in [0.05, 0.1) is 0 Å². The molecule has 0 heterocycles. The summed E-state index contributed by atoms with van der Waals surface area (Å²) < 4.78 is 5.91. The second-order valence-electron chi connectivity index (χ2n) is 5.93. The van der Waals surface area contributed by atoms with Gasteiger partial charge in [-0.2, -0.15) is 0 Å². The lowest BCUT2D eigenvalue weighted by molar-refractivity contribution is -0.122. The molecule has 0 radical (unpaired) electrons. The quantitative estimate of drug-likeness (QED) is 0.877. The molecule has 3 heteroatoms. The Labute approximate surface area is 138 Å². The Morgan fingerprint density at radius 1 is 1.04 bits per heavy atom. The van der Waals surface area contributed by atoms with Crippen LogP contribution >= 0.6 is 0 Å². The van der Waals surface area contributed by atoms with Crippen molar-refractivity contribution in [3.8, 4) is 5.75 Å². The molecule has 0 saturated carbocycles. The van der Waals surface area contributed by atoms with Crippen LogP contribution in [0, 0.1) is 20.8 Å². The summed E-state index contributed by atoms with van der Waals surface area (Å²) in [6, 6.07) is 12.0. The summed E-state index contributed by atoms with van der Waals surface area (Å²) in [5.74, 6) is 0.660. The molecule has 0 saturated heterocycles. The lowest BCUT2D eigenvalue weighted by Gasteiger charge is -2.19. The fourth-order valence-electron chi connectivity index (χ4n) is 2.64. The van der Waals surface area contributed by atoms with Gasteiger partial charge in [-0.25, -0.2) is 0 Å². The van der Waals surface area contributed by atoms with E-state index in [0.29, 0.717) is 0 Å². The maximum atomic E-state index is 12.5. The van der Waals surface area contributed by atoms with Gasteiger partial charge in [0, 0.05) is 5.69 Å². The van der Waals surface area contributed by atoms with Gasteiger partial charge < -0.3 is 10.1 Å². The average molecular weight is 311 g/mol. The molecule has 0 aliphatic heterocycles. The van der Waals surface area contributed by atoms with Crippen molar-refractivity contribution in [1.82, 2.24) is 0 Å². The van der Waals surface area contributed by atoms with Gasteiger partial charge >= 0.3 is 0 Å². The minimum atomic E-state index is -0.556. The van der Waals surface area contributed by atoms with Gasteiger partial charge in [0.1, 0.15) is 5.75 Å². The first-order valence-corrected chi connectivity index (χ1v) is 8.06. The molecular weight excluding hydrogens is 286 g/mol. The molecule has 0 unspecified atom stereocenters. The van der Waals surface area contributed by atoms with Crippen LogP contribution in [0.5, 0.6) is 5.75 Å². The molecule has 2 rings (SSSR count). The first-order chi connectivity index (χ1) is 10.9. The minimum absolute atomic E-state index is 0.128. The van der Waals surface area contributed by atoms with Crippen LogP contribution in [0.15, 0.2) is 36.4 Å². The number of aryl methyl sites for hydroxylation is 4. The number of benzene rings is 2. The lowest BCUT2D eigenvalue weighted by Crippen LogP contribution is -2.31. The monoisotopic (exact) mass is 311 g/mol. The third kappa shape index (κ3) is 3.92. The summed E-state index contributed by atoms with van der Waals surface area (Å²) in [6.07, 6.45) is 0.322. The van der Waals surface area contributed by atoms with Crippen LogP contribution in [0.4, 0.5) is 5.69 Å². The number of ether oxygens (including phenoxy) is 1. The Kier molecular flexibility index (Phi) is 5.43. The topological polar surface area (TPSA) is 38.3 Å². The number of rotatable bonds is 5. The Balaban J connectivity index is 2.15. The second kappa shape index (κ2) is 7.32. The molecular formula is C20H25NO2. The maximum Gasteiger partial charge on any atom is 0.265 e. The van der Waals surface area contributed by atoms with E-state index in [1.165, 1.54) is 0 Å². The van der Waals surface area contributed by atoms with Crippen LogP contribution in [0.25, 0.3) is 0 Å². The van der Waals surface area contributed by atoms with E-state index in [0.717, 1.165) is 40.1 Å². The van der Waals surface area contributed by atoms with Gasteiger partial charge in [0.15, 0.2) is 6.10 Å². The van der Waals surface area contributed by atoms with Gasteiger partial charge in [0.25, 0.3) is 5.91 Å². The normalized spacial score (nSPS) is 11.9. The zero-order chi connectivity index (χ0) is 17.0. The Morgan fingerprint density at radius 3 is 2.22 bits per heavy atom. The zero-order valence-corrected chi connectivity index (χ0v) is 14.6. The molecule has 122 valence electrons. The van der Waals surface area contributed by atoms with E-state index in [1.54, 1.807) is 6.92 Å². The number of amides is 1. The average Bonchev–Trinajstić information content (AvgIpc) is 2.52. The summed E-state index contributed by atoms with van der Waals surface area (Å²) >= 11 is 0. The number of hydrogen-bond donors (Lipinski definition) is 1. The van der Waals surface area contributed by atoms with E-state index in [-0.39, 0.29) is 5.91 Å². The molecule has 2 aromatic rings. The summed E-state index contributed by atoms with van der Waals surface area (Å²) in [5.41, 5.74) is 5.18. The molecule has 0 fully saturated rings. The molecule has 23 heavy (non-hydrogen) atoms. The highest BCUT2D eigenvalue weighted by molar-refractivity contribution is 5.95. The molecule has 2 aromatic carbocycles. The van der Waals surface area contributed by atoms with E-state index in [4.69, 9.17) is 4.74 Å². The molecule has 0 aliphatic carbocycles. The van der Waals surface area contributed by atoms with Crippen LogP contribution in [-0.2, 0) is 11.2 Å². The smallest absolute Gasteiger partial charge is 0.265 e. The third-order valence-electron chi connectivity index (χ3n) is 4.06. The van der Waals surface area contributed by atoms with Crippen LogP contribution < -0.4 is 10.1 Å². The van der Waals surface area contributed by atoms with E-state index in [1.807, 2.05) is 57.2 Å². The Morgan fingerprint density at radius 2 is 1.61 bits per heavy atom. The predicted molar refractivity (Wildman–Crippen MR) is 95.2 cm³/mol. The fraction of sp³-hybridized carbons (Fsp3) is 0.350. The first-order valence-electron chi connectivity index (χ1n) is 8.06. The van der Waals surface area contributed by atoms with Crippen molar-refractivity contribution in [3.63, 3.8) is 0 Å². The molecule has 0 aliphatic rings. The number of nitrogens with one attached hydrogen (secondary N) is 1. The fourth-order valence-corrected chi connectivity index (χ4v) is 2.64. The van der Waals surface area contributed by atoms with Crippen molar-refractivity contribution in [1.29, 1.82) is 0 Å². The minimum Gasteiger partial charge on any atom is -0.480 e. The van der Waals surface area contributed by atoms with Crippen molar-refractivity contribution < 1.29 is 9.53 Å². The number of anilines is 1. The van der Waals surface area contributed by atoms with Gasteiger partial charge in [-0.15, -0.1) is 0 Å². The molecule has 3 nitrogen and oxygen atoms in total. The van der Waals surface area contributed by atoms with E-state index < -0.39 is 6.10 Å². The Bertz CT molecular complexity index is 687. The van der Waals surface area contributed by atoms with Gasteiger partial charge in [-0.05, 0) is 56.4 Å². The van der Waals surface area contributed by atoms with Crippen LogP contribution in [0.3, 0.4) is 0 Å². The summed E-state index contributed by atoms with van der Waals surface area (Å²) in [5, 5.41) is 3.02. The number of carbonyl (C=O) groups is 1. The number of para-hydroxylation sites is 2. The van der Waals surface area contributed by atoms with Crippen molar-refractivity contribution in [2.45, 2.75) is 47.1 Å². The van der Waals surface area contributed by atoms with Gasteiger partial charge in [-0.1, -0.05) is 43.3 Å². The van der Waals surface area contributed by atoms with E-state index in [2.05, 4.69) is 12.2 Å². The SMILES string of the molecule is CCc1cccc(C)c1NC(=O)[C@H](C)Oc1c(C)cccc1C. The highest BCUT2D eigenvalue weighted by Gasteiger charge is 2.18. The first kappa shape index (κ1) is 17.1. The van der Waals surface area contributed by atoms with Crippen LogP contribution in [0.2, 0.25) is 0 Å². The molecule has 1 N–H and O–H groups in total. The van der Waals surface area contributed by atoms with E-state index >= 15 is 0 Å². The number of hydrogen-bond acceptors (Lipinski definition) is 2. The van der Waals surface area contributed by atoms with Crippen molar-refractivity contribution >= 4 is 11.6 Å². The second-order valence-corrected chi connectivity index (χ2v) is 5.93. The van der Waals surface area contributed by atoms with Gasteiger partial charge in [-0.3, -0.25) is 4.79 Å². The largest absolute Gasteiger partial charge is 0.480 e. The molecule has 0 spiro atoms. The van der Waals surface area contributed by atoms with Crippen LogP contribution in [0.1, 0.15) is 36.1 Å². The summed E-state index contributed by atoms with van der Waals surface area (Å²) in [6.45, 7) is 9.85. The predicted octanol–water partition coefficient (Wildman–Crippen LogP) is 4.58. The third-order valence-corrected chi connectivity index (χ3v) is 4.06. The van der Waals surface area contributed by atoms with Crippen molar-refractivity contribution in [3.05, 3.63) is 58.7 Å². The highest BCUT2D eigenvalue weighted by atomic mass is 16.5. The molecule has 0 bridgehead atoms. The molecule has 1 atom stereocenters. The zero-order valence-electron chi connectivity index (χ0n) is 14.6. The summed E-state index contributed by atoms with van der Waals surface area (Å²) in [4.78, 5) is 12.5. The lowest BCUT2D eigenvalue weighted by atomic mass is 10.1. The maximum absolute atomic E-state index is 12.5. The van der Waals surface area contributed by atoms with Crippen molar-refractivity contribution in [2.75, 3.05) is 5.32 Å². The molecule has 1 amide bonds. The van der Waals surface area contributed by atoms with Gasteiger partial charge in [0.2, 0.25) is 0 Å². The highest BCUT2D eigenvalue weighted by Crippen LogP contribution is 2.25. The molecule has 0 aromatic heterocycles.